The molecule has 0 aliphatic carbocycles. The van der Waals surface area contributed by atoms with Crippen molar-refractivity contribution in [1.82, 2.24) is 9.21 Å². The van der Waals surface area contributed by atoms with Gasteiger partial charge in [0.05, 0.1) is 6.26 Å². The van der Waals surface area contributed by atoms with E-state index in [4.69, 9.17) is 0 Å². The number of thioether (sulfide) groups is 1. The van der Waals surface area contributed by atoms with Crippen LogP contribution in [0.3, 0.4) is 0 Å². The summed E-state index contributed by atoms with van der Waals surface area (Å²) in [4.78, 5) is 2.60. The molecule has 2 rings (SSSR count). The highest BCUT2D eigenvalue weighted by molar-refractivity contribution is 7.98. The highest BCUT2D eigenvalue weighted by atomic mass is 32.2. The molecule has 2 saturated heterocycles. The molecule has 1 atom stereocenters. The quantitative estimate of drug-likeness (QED) is 0.699. The highest BCUT2D eigenvalue weighted by Gasteiger charge is 2.33. The van der Waals surface area contributed by atoms with Crippen molar-refractivity contribution >= 4 is 21.8 Å². The molecule has 2 aliphatic heterocycles. The van der Waals surface area contributed by atoms with Crippen LogP contribution in [0.15, 0.2) is 0 Å². The third-order valence-corrected chi connectivity index (χ3v) is 6.77. The second kappa shape index (κ2) is 7.47. The largest absolute Gasteiger partial charge is 0.303 e. The van der Waals surface area contributed by atoms with Crippen LogP contribution in [0.2, 0.25) is 0 Å². The van der Waals surface area contributed by atoms with E-state index in [9.17, 15) is 8.42 Å². The van der Waals surface area contributed by atoms with Gasteiger partial charge in [-0.15, -0.1) is 0 Å². The Morgan fingerprint density at radius 1 is 1.10 bits per heavy atom. The molecule has 0 aromatic carbocycles. The monoisotopic (exact) mass is 320 g/mol. The molecule has 0 radical (unpaired) electrons. The number of sulfonamides is 1. The fourth-order valence-electron chi connectivity index (χ4n) is 3.56. The standard InChI is InChI=1S/C14H28N2O2S2/c1-19-11-3-7-15-8-4-14(12-15)13-5-9-16(10-6-13)20(2,17)18/h13-14H,3-12H2,1-2H3. The van der Waals surface area contributed by atoms with Gasteiger partial charge in [-0.05, 0) is 62.6 Å². The molecule has 0 saturated carbocycles. The van der Waals surface area contributed by atoms with E-state index in [-0.39, 0.29) is 0 Å². The summed E-state index contributed by atoms with van der Waals surface area (Å²) in [6.07, 6.45) is 8.20. The van der Waals surface area contributed by atoms with Gasteiger partial charge < -0.3 is 4.90 Å². The summed E-state index contributed by atoms with van der Waals surface area (Å²) in [5.41, 5.74) is 0. The van der Waals surface area contributed by atoms with Gasteiger partial charge in [-0.1, -0.05) is 0 Å². The van der Waals surface area contributed by atoms with E-state index in [1.165, 1.54) is 44.5 Å². The Bertz CT molecular complexity index is 392. The average Bonchev–Trinajstić information content (AvgIpc) is 2.87. The molecular weight excluding hydrogens is 292 g/mol. The summed E-state index contributed by atoms with van der Waals surface area (Å²) in [6.45, 7) is 5.17. The summed E-state index contributed by atoms with van der Waals surface area (Å²) in [7, 11) is -2.98. The molecule has 2 fully saturated rings. The molecule has 20 heavy (non-hydrogen) atoms. The first-order valence-corrected chi connectivity index (χ1v) is 10.9. The minimum absolute atomic E-state index is 0.729. The fraction of sp³-hybridized carbons (Fsp3) is 1.00. The van der Waals surface area contributed by atoms with E-state index < -0.39 is 10.0 Å². The van der Waals surface area contributed by atoms with Crippen LogP contribution >= 0.6 is 11.8 Å². The molecule has 118 valence electrons. The number of likely N-dealkylation sites (tertiary alicyclic amines) is 1. The molecule has 0 aromatic rings. The van der Waals surface area contributed by atoms with Gasteiger partial charge in [0.15, 0.2) is 0 Å². The van der Waals surface area contributed by atoms with Crippen molar-refractivity contribution in [2.75, 3.05) is 51.0 Å². The Morgan fingerprint density at radius 3 is 2.35 bits per heavy atom. The average molecular weight is 321 g/mol. The second-order valence-electron chi connectivity index (χ2n) is 6.20. The lowest BCUT2D eigenvalue weighted by atomic mass is 9.84. The predicted octanol–water partition coefficient (Wildman–Crippen LogP) is 1.73. The normalized spacial score (nSPS) is 27.2. The van der Waals surface area contributed by atoms with Gasteiger partial charge in [0.2, 0.25) is 10.0 Å². The topological polar surface area (TPSA) is 40.6 Å². The highest BCUT2D eigenvalue weighted by Crippen LogP contribution is 2.32. The molecule has 0 amide bonds. The maximum absolute atomic E-state index is 11.5. The van der Waals surface area contributed by atoms with E-state index in [1.54, 1.807) is 4.31 Å². The molecule has 2 heterocycles. The lowest BCUT2D eigenvalue weighted by Crippen LogP contribution is -2.39. The minimum atomic E-state index is -2.98. The first kappa shape index (κ1) is 16.6. The Morgan fingerprint density at radius 2 is 1.75 bits per heavy atom. The van der Waals surface area contributed by atoms with E-state index in [0.29, 0.717) is 0 Å². The van der Waals surface area contributed by atoms with Crippen molar-refractivity contribution < 1.29 is 8.42 Å². The SMILES string of the molecule is CSCCCN1CCC(C2CCN(S(C)(=O)=O)CC2)C1. The van der Waals surface area contributed by atoms with Crippen LogP contribution in [0.4, 0.5) is 0 Å². The number of hydrogen-bond acceptors (Lipinski definition) is 4. The van der Waals surface area contributed by atoms with E-state index >= 15 is 0 Å². The molecular formula is C14H28N2O2S2. The van der Waals surface area contributed by atoms with Crippen molar-refractivity contribution in [3.8, 4) is 0 Å². The first-order valence-electron chi connectivity index (χ1n) is 7.67. The van der Waals surface area contributed by atoms with Crippen LogP contribution in [-0.2, 0) is 10.0 Å². The molecule has 0 bridgehead atoms. The zero-order valence-corrected chi connectivity index (χ0v) is 14.4. The third kappa shape index (κ3) is 4.61. The van der Waals surface area contributed by atoms with Gasteiger partial charge in [0.25, 0.3) is 0 Å². The van der Waals surface area contributed by atoms with Crippen LogP contribution in [-0.4, -0.2) is 68.6 Å². The van der Waals surface area contributed by atoms with Crippen molar-refractivity contribution in [3.63, 3.8) is 0 Å². The van der Waals surface area contributed by atoms with Crippen LogP contribution in [0, 0.1) is 11.8 Å². The predicted molar refractivity (Wildman–Crippen MR) is 86.7 cm³/mol. The lowest BCUT2D eigenvalue weighted by molar-refractivity contribution is 0.203. The number of hydrogen-bond donors (Lipinski definition) is 0. The van der Waals surface area contributed by atoms with Crippen molar-refractivity contribution in [2.24, 2.45) is 11.8 Å². The van der Waals surface area contributed by atoms with Crippen molar-refractivity contribution in [3.05, 3.63) is 0 Å². The van der Waals surface area contributed by atoms with E-state index in [0.717, 1.165) is 37.8 Å². The van der Waals surface area contributed by atoms with Gasteiger partial charge >= 0.3 is 0 Å². The zero-order chi connectivity index (χ0) is 14.6. The zero-order valence-electron chi connectivity index (χ0n) is 12.8. The molecule has 0 spiro atoms. The second-order valence-corrected chi connectivity index (χ2v) is 9.16. The molecule has 4 nitrogen and oxygen atoms in total. The Labute approximate surface area is 128 Å². The summed E-state index contributed by atoms with van der Waals surface area (Å²) >= 11 is 1.93. The summed E-state index contributed by atoms with van der Waals surface area (Å²) < 4.78 is 24.7. The van der Waals surface area contributed by atoms with Crippen LogP contribution in [0.25, 0.3) is 0 Å². The minimum Gasteiger partial charge on any atom is -0.303 e. The van der Waals surface area contributed by atoms with Crippen molar-refractivity contribution in [2.45, 2.75) is 25.7 Å². The number of rotatable bonds is 6. The van der Waals surface area contributed by atoms with Gasteiger partial charge in [-0.25, -0.2) is 12.7 Å². The third-order valence-electron chi connectivity index (χ3n) is 4.77. The van der Waals surface area contributed by atoms with Gasteiger partial charge in [0.1, 0.15) is 0 Å². The van der Waals surface area contributed by atoms with Crippen LogP contribution in [0.1, 0.15) is 25.7 Å². The maximum Gasteiger partial charge on any atom is 0.211 e. The van der Waals surface area contributed by atoms with Crippen LogP contribution in [0.5, 0.6) is 0 Å². The first-order chi connectivity index (χ1) is 9.50. The molecule has 1 unspecified atom stereocenters. The van der Waals surface area contributed by atoms with Gasteiger partial charge in [0, 0.05) is 19.6 Å². The molecule has 2 aliphatic rings. The van der Waals surface area contributed by atoms with E-state index in [1.807, 2.05) is 11.8 Å². The maximum atomic E-state index is 11.5. The summed E-state index contributed by atoms with van der Waals surface area (Å²) in [5, 5.41) is 0. The fourth-order valence-corrected chi connectivity index (χ4v) is 4.85. The Hall–Kier alpha value is 0.220. The van der Waals surface area contributed by atoms with Gasteiger partial charge in [-0.3, -0.25) is 0 Å². The number of piperidine rings is 1. The Kier molecular flexibility index (Phi) is 6.20. The van der Waals surface area contributed by atoms with E-state index in [2.05, 4.69) is 11.2 Å². The smallest absolute Gasteiger partial charge is 0.211 e. The molecule has 0 aromatic heterocycles. The lowest BCUT2D eigenvalue weighted by Gasteiger charge is -2.33. The summed E-state index contributed by atoms with van der Waals surface area (Å²) in [6, 6.07) is 0. The Balaban J connectivity index is 1.72. The van der Waals surface area contributed by atoms with Gasteiger partial charge in [-0.2, -0.15) is 11.8 Å². The summed E-state index contributed by atoms with van der Waals surface area (Å²) in [5.74, 6) is 2.79. The number of nitrogens with zero attached hydrogens (tertiary/aromatic N) is 2. The molecule has 0 N–H and O–H groups in total. The van der Waals surface area contributed by atoms with Crippen molar-refractivity contribution in [1.29, 1.82) is 0 Å². The molecule has 6 heteroatoms. The van der Waals surface area contributed by atoms with Crippen LogP contribution < -0.4 is 0 Å².